The molecule has 3 rings (SSSR count). The van der Waals surface area contributed by atoms with E-state index in [9.17, 15) is 4.79 Å². The van der Waals surface area contributed by atoms with Crippen molar-refractivity contribution in [1.82, 2.24) is 15.2 Å². The molecule has 0 aliphatic carbocycles. The molecule has 5 heteroatoms. The van der Waals surface area contributed by atoms with Gasteiger partial charge in [-0.3, -0.25) is 9.69 Å². The highest BCUT2D eigenvalue weighted by Gasteiger charge is 2.36. The maximum absolute atomic E-state index is 11.0. The van der Waals surface area contributed by atoms with Gasteiger partial charge < -0.3 is 10.3 Å². The summed E-state index contributed by atoms with van der Waals surface area (Å²) in [5, 5.41) is 5.49. The van der Waals surface area contributed by atoms with Crippen molar-refractivity contribution in [2.45, 2.75) is 37.9 Å². The molecule has 0 bridgehead atoms. The smallest absolute Gasteiger partial charge is 0.304 e. The summed E-state index contributed by atoms with van der Waals surface area (Å²) >= 11 is 1.24. The second-order valence-corrected chi connectivity index (χ2v) is 5.54. The molecule has 2 atom stereocenters. The fourth-order valence-corrected chi connectivity index (χ4v) is 3.54. The minimum Gasteiger partial charge on any atom is -0.315 e. The minimum atomic E-state index is 0.0470. The van der Waals surface area contributed by atoms with E-state index in [1.54, 1.807) is 0 Å². The molecular weight excluding hydrogens is 222 g/mol. The van der Waals surface area contributed by atoms with Crippen LogP contribution in [0.2, 0.25) is 0 Å². The van der Waals surface area contributed by atoms with E-state index in [2.05, 4.69) is 15.2 Å². The highest BCUT2D eigenvalue weighted by molar-refractivity contribution is 7.07. The highest BCUT2D eigenvalue weighted by atomic mass is 32.1. The maximum atomic E-state index is 11.0. The molecule has 0 radical (unpaired) electrons. The number of fused-ring (bicyclic) bond motifs is 1. The first-order valence-electron chi connectivity index (χ1n) is 5.97. The molecule has 88 valence electrons. The van der Waals surface area contributed by atoms with Gasteiger partial charge in [0, 0.05) is 36.2 Å². The minimum absolute atomic E-state index is 0.0470. The molecule has 2 aliphatic rings. The monoisotopic (exact) mass is 239 g/mol. The SMILES string of the molecule is O=c1[nH]c(CNC2CCN3CCCC23)cs1. The number of hydrogen-bond acceptors (Lipinski definition) is 4. The number of rotatable bonds is 3. The van der Waals surface area contributed by atoms with Crippen molar-refractivity contribution in [2.24, 2.45) is 0 Å². The lowest BCUT2D eigenvalue weighted by molar-refractivity contribution is 0.298. The van der Waals surface area contributed by atoms with Crippen LogP contribution >= 0.6 is 11.3 Å². The molecule has 2 saturated heterocycles. The zero-order valence-electron chi connectivity index (χ0n) is 9.24. The van der Waals surface area contributed by atoms with Crippen LogP contribution in [0.3, 0.4) is 0 Å². The molecule has 0 amide bonds. The lowest BCUT2D eigenvalue weighted by Crippen LogP contribution is -2.38. The topological polar surface area (TPSA) is 48.1 Å². The molecule has 16 heavy (non-hydrogen) atoms. The van der Waals surface area contributed by atoms with Crippen LogP contribution in [0.25, 0.3) is 0 Å². The van der Waals surface area contributed by atoms with E-state index in [-0.39, 0.29) is 4.87 Å². The molecule has 2 fully saturated rings. The Hall–Kier alpha value is -0.650. The third kappa shape index (κ3) is 1.95. The second-order valence-electron chi connectivity index (χ2n) is 4.70. The molecule has 3 heterocycles. The quantitative estimate of drug-likeness (QED) is 0.819. The number of aromatic amines is 1. The third-order valence-corrected chi connectivity index (χ3v) is 4.45. The van der Waals surface area contributed by atoms with Gasteiger partial charge in [0.25, 0.3) is 0 Å². The Bertz CT molecular complexity index is 413. The molecule has 4 nitrogen and oxygen atoms in total. The number of hydrogen-bond donors (Lipinski definition) is 2. The average Bonchev–Trinajstić information content (AvgIpc) is 2.91. The Labute approximate surface area is 98.7 Å². The van der Waals surface area contributed by atoms with Crippen LogP contribution in [-0.4, -0.2) is 35.1 Å². The van der Waals surface area contributed by atoms with Gasteiger partial charge in [-0.1, -0.05) is 11.3 Å². The Balaban J connectivity index is 1.57. The predicted molar refractivity (Wildman–Crippen MR) is 64.8 cm³/mol. The standard InChI is InChI=1S/C11H17N3OS/c15-11-13-8(7-16-11)6-12-9-3-5-14-4-1-2-10(9)14/h7,9-10,12H,1-6H2,(H,13,15). The predicted octanol–water partition coefficient (Wildman–Crippen LogP) is 0.763. The highest BCUT2D eigenvalue weighted by Crippen LogP contribution is 2.27. The summed E-state index contributed by atoms with van der Waals surface area (Å²) < 4.78 is 0. The lowest BCUT2D eigenvalue weighted by atomic mass is 10.1. The normalized spacial score (nSPS) is 29.8. The van der Waals surface area contributed by atoms with Crippen LogP contribution in [0.5, 0.6) is 0 Å². The molecule has 2 aliphatic heterocycles. The second kappa shape index (κ2) is 4.31. The fraction of sp³-hybridized carbons (Fsp3) is 0.727. The van der Waals surface area contributed by atoms with Crippen molar-refractivity contribution in [3.8, 4) is 0 Å². The molecule has 1 aromatic heterocycles. The number of aromatic nitrogens is 1. The van der Waals surface area contributed by atoms with Crippen LogP contribution < -0.4 is 10.2 Å². The van der Waals surface area contributed by atoms with Crippen LogP contribution in [0, 0.1) is 0 Å². The third-order valence-electron chi connectivity index (χ3n) is 3.73. The number of thiazole rings is 1. The van der Waals surface area contributed by atoms with E-state index in [1.807, 2.05) is 5.38 Å². The molecule has 0 saturated carbocycles. The summed E-state index contributed by atoms with van der Waals surface area (Å²) in [5.74, 6) is 0. The van der Waals surface area contributed by atoms with E-state index in [0.29, 0.717) is 6.04 Å². The summed E-state index contributed by atoms with van der Waals surface area (Å²) in [6.45, 7) is 3.31. The van der Waals surface area contributed by atoms with Crippen LogP contribution in [0.15, 0.2) is 10.2 Å². The molecule has 2 N–H and O–H groups in total. The van der Waals surface area contributed by atoms with Crippen molar-refractivity contribution in [2.75, 3.05) is 13.1 Å². The average molecular weight is 239 g/mol. The van der Waals surface area contributed by atoms with E-state index < -0.39 is 0 Å². The van der Waals surface area contributed by atoms with Crippen LogP contribution in [0.1, 0.15) is 25.0 Å². The number of nitrogens with zero attached hydrogens (tertiary/aromatic N) is 1. The van der Waals surface area contributed by atoms with Gasteiger partial charge in [-0.05, 0) is 25.8 Å². The summed E-state index contributed by atoms with van der Waals surface area (Å²) in [6.07, 6.45) is 3.93. The summed E-state index contributed by atoms with van der Waals surface area (Å²) in [6, 6.07) is 1.36. The van der Waals surface area contributed by atoms with Gasteiger partial charge in [-0.25, -0.2) is 0 Å². The molecule has 2 unspecified atom stereocenters. The van der Waals surface area contributed by atoms with E-state index >= 15 is 0 Å². The first-order valence-corrected chi connectivity index (χ1v) is 6.85. The van der Waals surface area contributed by atoms with E-state index in [1.165, 1.54) is 43.7 Å². The first-order chi connectivity index (χ1) is 7.83. The molecule has 0 spiro atoms. The van der Waals surface area contributed by atoms with Gasteiger partial charge in [-0.15, -0.1) is 0 Å². The summed E-state index contributed by atoms with van der Waals surface area (Å²) in [7, 11) is 0. The Morgan fingerprint density at radius 1 is 1.50 bits per heavy atom. The zero-order chi connectivity index (χ0) is 11.0. The van der Waals surface area contributed by atoms with Crippen molar-refractivity contribution >= 4 is 11.3 Å². The first kappa shape index (κ1) is 10.5. The van der Waals surface area contributed by atoms with Gasteiger partial charge in [0.1, 0.15) is 0 Å². The Morgan fingerprint density at radius 2 is 2.44 bits per heavy atom. The number of nitrogens with one attached hydrogen (secondary N) is 2. The van der Waals surface area contributed by atoms with Gasteiger partial charge in [-0.2, -0.15) is 0 Å². The zero-order valence-corrected chi connectivity index (χ0v) is 10.1. The largest absolute Gasteiger partial charge is 0.315 e. The Kier molecular flexibility index (Phi) is 2.83. The summed E-state index contributed by atoms with van der Waals surface area (Å²) in [5.41, 5.74) is 1.02. The summed E-state index contributed by atoms with van der Waals surface area (Å²) in [4.78, 5) is 16.5. The van der Waals surface area contributed by atoms with Gasteiger partial charge in [0.2, 0.25) is 0 Å². The van der Waals surface area contributed by atoms with E-state index in [4.69, 9.17) is 0 Å². The van der Waals surface area contributed by atoms with Crippen LogP contribution in [-0.2, 0) is 6.54 Å². The maximum Gasteiger partial charge on any atom is 0.304 e. The Morgan fingerprint density at radius 3 is 3.25 bits per heavy atom. The van der Waals surface area contributed by atoms with E-state index in [0.717, 1.165) is 18.3 Å². The molecular formula is C11H17N3OS. The van der Waals surface area contributed by atoms with Crippen molar-refractivity contribution in [3.05, 3.63) is 20.7 Å². The van der Waals surface area contributed by atoms with Crippen molar-refractivity contribution in [3.63, 3.8) is 0 Å². The fourth-order valence-electron chi connectivity index (χ4n) is 2.96. The van der Waals surface area contributed by atoms with Gasteiger partial charge in [0.15, 0.2) is 0 Å². The lowest BCUT2D eigenvalue weighted by Gasteiger charge is -2.20. The van der Waals surface area contributed by atoms with Crippen molar-refractivity contribution < 1.29 is 0 Å². The van der Waals surface area contributed by atoms with Crippen LogP contribution in [0.4, 0.5) is 0 Å². The van der Waals surface area contributed by atoms with Crippen molar-refractivity contribution in [1.29, 1.82) is 0 Å². The van der Waals surface area contributed by atoms with Gasteiger partial charge in [0.05, 0.1) is 0 Å². The van der Waals surface area contributed by atoms with Gasteiger partial charge >= 0.3 is 4.87 Å². The molecule has 1 aromatic rings. The number of H-pyrrole nitrogens is 1. The molecule has 0 aromatic carbocycles.